The Bertz CT molecular complexity index is 8320. The molecule has 6 nitrogen and oxygen atoms in total. The second-order valence-electron chi connectivity index (χ2n) is 33.1. The monoisotopic (exact) mass is 1610 g/mol. The smallest absolute Gasteiger partial charge is 0.160 e. The van der Waals surface area contributed by atoms with Crippen LogP contribution in [0.25, 0.3) is 186 Å². The Balaban J connectivity index is 0.000000134. The van der Waals surface area contributed by atoms with Gasteiger partial charge in [-0.15, -0.1) is 11.3 Å². The van der Waals surface area contributed by atoms with Crippen molar-refractivity contribution >= 4 is 96.5 Å². The van der Waals surface area contributed by atoms with Crippen LogP contribution in [0.5, 0.6) is 23.0 Å². The van der Waals surface area contributed by atoms with Gasteiger partial charge in [0.2, 0.25) is 0 Å². The number of aromatic nitrogens is 4. The van der Waals surface area contributed by atoms with Gasteiger partial charge < -0.3 is 9.47 Å². The molecule has 0 unspecified atom stereocenters. The van der Waals surface area contributed by atoms with Gasteiger partial charge in [-0.3, -0.25) is 0 Å². The zero-order valence-electron chi connectivity index (χ0n) is 67.4. The van der Waals surface area contributed by atoms with E-state index in [4.69, 9.17) is 29.4 Å². The number of rotatable bonds is 7. The molecule has 0 N–H and O–H groups in total. The van der Waals surface area contributed by atoms with Crippen LogP contribution in [0.2, 0.25) is 0 Å². The summed E-state index contributed by atoms with van der Waals surface area (Å²) in [6, 6.07) is 153. The van der Waals surface area contributed by atoms with E-state index in [0.717, 1.165) is 149 Å². The number of fused-ring (bicyclic) bond motifs is 29. The summed E-state index contributed by atoms with van der Waals surface area (Å²) in [7, 11) is 0. The first-order chi connectivity index (χ1) is 62.0. The van der Waals surface area contributed by atoms with E-state index in [1.54, 1.807) is 11.3 Å². The summed E-state index contributed by atoms with van der Waals surface area (Å²) in [6.45, 7) is 0. The van der Waals surface area contributed by atoms with Crippen LogP contribution in [0.15, 0.2) is 425 Å². The topological polar surface area (TPSA) is 70.0 Å². The Kier molecular flexibility index (Phi) is 15.7. The molecule has 0 radical (unpaired) electrons. The van der Waals surface area contributed by atoms with Gasteiger partial charge in [0.25, 0.3) is 0 Å². The van der Waals surface area contributed by atoms with Crippen LogP contribution in [0, 0.1) is 0 Å². The third kappa shape index (κ3) is 10.5. The van der Waals surface area contributed by atoms with E-state index >= 15 is 0 Å². The molecule has 0 bridgehead atoms. The highest BCUT2D eigenvalue weighted by Gasteiger charge is 2.53. The van der Waals surface area contributed by atoms with Crippen molar-refractivity contribution in [2.45, 2.75) is 10.8 Å². The Hall–Kier alpha value is -16.1. The van der Waals surface area contributed by atoms with Gasteiger partial charge in [-0.1, -0.05) is 370 Å². The maximum atomic E-state index is 7.00. The van der Waals surface area contributed by atoms with E-state index < -0.39 is 10.8 Å². The average molecular weight is 1610 g/mol. The molecule has 4 aliphatic rings. The fraction of sp³-hybridized carbons (Fsp3) is 0.0169. The number of hydrogen-bond donors (Lipinski definition) is 0. The summed E-state index contributed by atoms with van der Waals surface area (Å²) in [5.41, 5.74) is 30.8. The van der Waals surface area contributed by atoms with E-state index in [0.29, 0.717) is 0 Å². The molecule has 7 heteroatoms. The lowest BCUT2D eigenvalue weighted by Gasteiger charge is -2.39. The molecule has 2 aliphatic carbocycles. The van der Waals surface area contributed by atoms with E-state index in [2.05, 4.69) is 406 Å². The molecule has 0 saturated heterocycles. The molecule has 580 valence electrons. The van der Waals surface area contributed by atoms with Gasteiger partial charge in [0.15, 0.2) is 5.82 Å². The van der Waals surface area contributed by atoms with Gasteiger partial charge in [-0.2, -0.15) is 0 Å². The number of ether oxygens (including phenoxy) is 2. The summed E-state index contributed by atoms with van der Waals surface area (Å²) < 4.78 is 16.2. The second-order valence-corrected chi connectivity index (χ2v) is 34.2. The van der Waals surface area contributed by atoms with Crippen molar-refractivity contribution in [3.05, 3.63) is 469 Å². The maximum absolute atomic E-state index is 7.00. The van der Waals surface area contributed by atoms with Crippen LogP contribution < -0.4 is 9.47 Å². The fourth-order valence-electron chi connectivity index (χ4n) is 21.3. The molecular weight excluding hydrogens is 1540 g/mol. The molecule has 6 heterocycles. The Morgan fingerprint density at radius 1 is 0.200 bits per heavy atom. The largest absolute Gasteiger partial charge is 0.457 e. The first-order valence-electron chi connectivity index (χ1n) is 42.7. The Labute approximate surface area is 724 Å². The molecule has 4 aromatic heterocycles. The van der Waals surface area contributed by atoms with Gasteiger partial charge in [0, 0.05) is 76.1 Å². The van der Waals surface area contributed by atoms with Gasteiger partial charge in [0.05, 0.1) is 49.2 Å². The number of pyridine rings is 2. The van der Waals surface area contributed by atoms with Crippen LogP contribution in [-0.2, 0) is 10.8 Å². The third-order valence-electron chi connectivity index (χ3n) is 26.7. The molecule has 2 aliphatic heterocycles. The van der Waals surface area contributed by atoms with Crippen LogP contribution in [-0.4, -0.2) is 19.9 Å². The Morgan fingerprint density at radius 2 is 0.528 bits per heavy atom. The van der Waals surface area contributed by atoms with Crippen molar-refractivity contribution < 1.29 is 9.47 Å². The highest BCUT2D eigenvalue weighted by atomic mass is 32.1. The molecule has 27 rings (SSSR count). The van der Waals surface area contributed by atoms with E-state index in [9.17, 15) is 0 Å². The van der Waals surface area contributed by atoms with Gasteiger partial charge in [-0.05, 0) is 165 Å². The SMILES string of the molecule is c1ccc(-c2ccc(-c3c4ccccc4c(-c4ccc(-c5nc6ccccc6c6cc7c(cc56)Oc5ccccc5C75c6ccccc6-c6ccccc65)cc4)c4ccccc34)cc2)cc1.c1ccc(-c2nc(-c3ccc(-c4nc5ccccc5c5cc6c(cc45)Oc4ccccc4C64c5ccccc5-c5ccccc54)cc3)c3sc4ccccc4c3n2)cc1. The van der Waals surface area contributed by atoms with Crippen molar-refractivity contribution in [3.63, 3.8) is 0 Å². The number of hydrogen-bond acceptors (Lipinski definition) is 7. The van der Waals surface area contributed by atoms with Crippen molar-refractivity contribution in [1.82, 2.24) is 19.9 Å². The quantitative estimate of drug-likeness (QED) is 0.117. The number of nitrogens with zero attached hydrogens (tertiary/aromatic N) is 4. The summed E-state index contributed by atoms with van der Waals surface area (Å²) in [5, 5.41) is 12.7. The van der Waals surface area contributed by atoms with Crippen molar-refractivity contribution in [1.29, 1.82) is 0 Å². The minimum Gasteiger partial charge on any atom is -0.457 e. The summed E-state index contributed by atoms with van der Waals surface area (Å²) in [5.74, 6) is 4.18. The normalized spacial score (nSPS) is 13.2. The predicted octanol–water partition coefficient (Wildman–Crippen LogP) is 30.8. The molecular formula is C118H70N4O2S. The average Bonchev–Trinajstić information content (AvgIpc) is 1.54. The summed E-state index contributed by atoms with van der Waals surface area (Å²) in [4.78, 5) is 21.2. The molecule has 19 aromatic carbocycles. The molecule has 125 heavy (non-hydrogen) atoms. The lowest BCUT2D eigenvalue weighted by atomic mass is 9.65. The zero-order valence-corrected chi connectivity index (χ0v) is 68.2. The van der Waals surface area contributed by atoms with E-state index in [-0.39, 0.29) is 0 Å². The molecule has 0 atom stereocenters. The summed E-state index contributed by atoms with van der Waals surface area (Å²) >= 11 is 1.75. The second kappa shape index (κ2) is 27.7. The number of para-hydroxylation sites is 4. The van der Waals surface area contributed by atoms with Crippen molar-refractivity contribution in [2.24, 2.45) is 0 Å². The molecule has 23 aromatic rings. The first kappa shape index (κ1) is 70.8. The minimum absolute atomic E-state index is 0.550. The van der Waals surface area contributed by atoms with Gasteiger partial charge in [0.1, 0.15) is 23.0 Å². The Morgan fingerprint density at radius 3 is 0.968 bits per heavy atom. The predicted molar refractivity (Wildman–Crippen MR) is 515 cm³/mol. The molecule has 0 saturated carbocycles. The first-order valence-corrected chi connectivity index (χ1v) is 43.5. The highest BCUT2D eigenvalue weighted by molar-refractivity contribution is 7.26. The zero-order chi connectivity index (χ0) is 82.0. The fourth-order valence-corrected chi connectivity index (χ4v) is 22.5. The number of benzene rings is 19. The summed E-state index contributed by atoms with van der Waals surface area (Å²) in [6.07, 6.45) is 0. The van der Waals surface area contributed by atoms with Crippen LogP contribution in [0.4, 0.5) is 0 Å². The standard InChI is InChI=1S/C64H39NO.C54H31N3OS/c1-2-16-40(17-3-1)41-30-32-42(33-31-41)61-48-21-4-6-23-50(48)62(51-24-7-5-22-49(51)61)43-34-36-44(37-35-43)63-53-39-60-57(38-52(53)47-20-10-14-28-58(47)65-63)64(56-27-13-15-29-59(56)66-60)54-25-11-8-18-45(54)46-19-9-12-26-55(46)64;1-2-14-34(15-3-1)53-56-50(52-51(57-53)38-19-7-13-25-48(38)59-52)33-28-26-32(27-29-33)49-40-31-47-44(30-39(40)37-18-6-11-23-45(37)55-49)54(43-22-10-12-24-46(43)58-47)41-20-8-4-16-35(41)36-17-5-9-21-42(36)54/h1-39H;1-31H. The maximum Gasteiger partial charge on any atom is 0.160 e. The van der Waals surface area contributed by atoms with Crippen molar-refractivity contribution in [3.8, 4) is 124 Å². The molecule has 0 fully saturated rings. The van der Waals surface area contributed by atoms with Crippen LogP contribution in [0.1, 0.15) is 44.5 Å². The number of thiophene rings is 1. The minimum atomic E-state index is -0.551. The van der Waals surface area contributed by atoms with Crippen molar-refractivity contribution in [2.75, 3.05) is 0 Å². The lowest BCUT2D eigenvalue weighted by Crippen LogP contribution is -2.32. The van der Waals surface area contributed by atoms with E-state index in [1.807, 2.05) is 18.2 Å². The van der Waals surface area contributed by atoms with Gasteiger partial charge in [-0.25, -0.2) is 19.9 Å². The van der Waals surface area contributed by atoms with Crippen LogP contribution >= 0.6 is 11.3 Å². The van der Waals surface area contributed by atoms with Gasteiger partial charge >= 0.3 is 0 Å². The molecule has 2 spiro atoms. The third-order valence-corrected chi connectivity index (χ3v) is 27.8. The van der Waals surface area contributed by atoms with Crippen LogP contribution in [0.3, 0.4) is 0 Å². The highest BCUT2D eigenvalue weighted by Crippen LogP contribution is 2.65. The van der Waals surface area contributed by atoms with E-state index in [1.165, 1.54) is 104 Å². The lowest BCUT2D eigenvalue weighted by molar-refractivity contribution is 0.437. The molecule has 0 amide bonds.